The molecular weight excluding hydrogens is 314 g/mol. The number of amides is 1. The van der Waals surface area contributed by atoms with E-state index < -0.39 is 5.60 Å². The van der Waals surface area contributed by atoms with Gasteiger partial charge in [0, 0.05) is 12.6 Å². The highest BCUT2D eigenvalue weighted by Gasteiger charge is 2.34. The maximum Gasteiger partial charge on any atom is 0.410 e. The van der Waals surface area contributed by atoms with Gasteiger partial charge in [0.2, 0.25) is 0 Å². The molecule has 2 atom stereocenters. The minimum Gasteiger partial charge on any atom is -0.444 e. The van der Waals surface area contributed by atoms with Crippen molar-refractivity contribution in [1.29, 1.82) is 0 Å². The first-order valence-electron chi connectivity index (χ1n) is 10.0. The Balaban J connectivity index is 2.58. The second-order valence-corrected chi connectivity index (χ2v) is 8.08. The molecule has 1 aliphatic heterocycles. The van der Waals surface area contributed by atoms with Crippen LogP contribution in [-0.4, -0.2) is 35.5 Å². The van der Waals surface area contributed by atoms with Gasteiger partial charge in [0.25, 0.3) is 0 Å². The predicted octanol–water partition coefficient (Wildman–Crippen LogP) is 5.51. The van der Waals surface area contributed by atoms with Crippen LogP contribution in [-0.2, 0) is 9.53 Å². The highest BCUT2D eigenvalue weighted by atomic mass is 16.6. The molecule has 4 heteroatoms. The fraction of sp³-hybridized carbons (Fsp3) is 0.810. The molecule has 0 aromatic heterocycles. The van der Waals surface area contributed by atoms with Crippen LogP contribution in [0, 0.1) is 5.92 Å². The van der Waals surface area contributed by atoms with Crippen molar-refractivity contribution in [3.8, 4) is 0 Å². The van der Waals surface area contributed by atoms with Gasteiger partial charge in [0.1, 0.15) is 11.9 Å². The van der Waals surface area contributed by atoms with Crippen molar-refractivity contribution in [3.05, 3.63) is 12.2 Å². The zero-order valence-electron chi connectivity index (χ0n) is 16.6. The van der Waals surface area contributed by atoms with Crippen LogP contribution in [0.25, 0.3) is 0 Å². The summed E-state index contributed by atoms with van der Waals surface area (Å²) in [6.07, 6.45) is 15.0. The lowest BCUT2D eigenvalue weighted by Crippen LogP contribution is -2.49. The molecular formula is C21H37NO3. The standard InChI is InChI=1S/C21H37NO3/c1-5-6-7-8-9-10-11-14-18(17-23)19-15-12-13-16-22(19)20(24)25-21(2,3)4/h11,14,17-19H,5-10,12-13,15-16H2,1-4H3/b14-11+/t18-,19-/m1/s1. The molecule has 1 heterocycles. The second kappa shape index (κ2) is 11.3. The molecule has 0 saturated carbocycles. The van der Waals surface area contributed by atoms with Crippen molar-refractivity contribution in [2.24, 2.45) is 5.92 Å². The first-order valence-corrected chi connectivity index (χ1v) is 10.0. The average Bonchev–Trinajstić information content (AvgIpc) is 2.56. The number of hydrogen-bond donors (Lipinski definition) is 0. The number of carbonyl (C=O) groups excluding carboxylic acids is 2. The smallest absolute Gasteiger partial charge is 0.410 e. The number of unbranched alkanes of at least 4 members (excludes halogenated alkanes) is 5. The van der Waals surface area contributed by atoms with Gasteiger partial charge in [-0.1, -0.05) is 44.8 Å². The van der Waals surface area contributed by atoms with Crippen molar-refractivity contribution in [2.75, 3.05) is 6.54 Å². The van der Waals surface area contributed by atoms with Crippen LogP contribution in [0.4, 0.5) is 4.79 Å². The highest BCUT2D eigenvalue weighted by Crippen LogP contribution is 2.25. The third kappa shape index (κ3) is 8.55. The molecule has 144 valence electrons. The van der Waals surface area contributed by atoms with Gasteiger partial charge in [0.15, 0.2) is 0 Å². The number of carbonyl (C=O) groups is 2. The molecule has 4 nitrogen and oxygen atoms in total. The van der Waals surface area contributed by atoms with E-state index in [-0.39, 0.29) is 18.1 Å². The van der Waals surface area contributed by atoms with E-state index >= 15 is 0 Å². The molecule has 0 aliphatic carbocycles. The lowest BCUT2D eigenvalue weighted by atomic mass is 9.91. The molecule has 1 fully saturated rings. The van der Waals surface area contributed by atoms with Crippen molar-refractivity contribution < 1.29 is 14.3 Å². The SMILES string of the molecule is CCCCCCC/C=C/[C@H](C=O)[C@H]1CCCCN1C(=O)OC(C)(C)C. The molecule has 0 bridgehead atoms. The van der Waals surface area contributed by atoms with Gasteiger partial charge in [-0.2, -0.15) is 0 Å². The molecule has 1 saturated heterocycles. The van der Waals surface area contributed by atoms with Crippen molar-refractivity contribution in [2.45, 2.75) is 97.1 Å². The first-order chi connectivity index (χ1) is 11.9. The molecule has 25 heavy (non-hydrogen) atoms. The molecule has 1 rings (SSSR count). The van der Waals surface area contributed by atoms with E-state index in [1.165, 1.54) is 32.1 Å². The van der Waals surface area contributed by atoms with Crippen molar-refractivity contribution in [1.82, 2.24) is 4.90 Å². The van der Waals surface area contributed by atoms with Crippen LogP contribution >= 0.6 is 0 Å². The zero-order valence-corrected chi connectivity index (χ0v) is 16.6. The van der Waals surface area contributed by atoms with Gasteiger partial charge in [0.05, 0.1) is 5.92 Å². The van der Waals surface area contributed by atoms with Crippen LogP contribution in [0.1, 0.15) is 85.5 Å². The number of hydrogen-bond acceptors (Lipinski definition) is 3. The molecule has 1 amide bonds. The summed E-state index contributed by atoms with van der Waals surface area (Å²) in [4.78, 5) is 25.9. The minimum absolute atomic E-state index is 0.0718. The lowest BCUT2D eigenvalue weighted by Gasteiger charge is -2.38. The number of piperidine rings is 1. The summed E-state index contributed by atoms with van der Waals surface area (Å²) in [5, 5.41) is 0. The topological polar surface area (TPSA) is 46.6 Å². The van der Waals surface area contributed by atoms with E-state index in [9.17, 15) is 9.59 Å². The van der Waals surface area contributed by atoms with E-state index in [0.717, 1.165) is 32.0 Å². The largest absolute Gasteiger partial charge is 0.444 e. The Morgan fingerprint density at radius 2 is 1.92 bits per heavy atom. The van der Waals surface area contributed by atoms with Crippen LogP contribution in [0.5, 0.6) is 0 Å². The van der Waals surface area contributed by atoms with Gasteiger partial charge in [-0.15, -0.1) is 0 Å². The molecule has 0 N–H and O–H groups in total. The molecule has 0 aromatic rings. The molecule has 0 spiro atoms. The molecule has 0 radical (unpaired) electrons. The fourth-order valence-corrected chi connectivity index (χ4v) is 3.29. The molecule has 0 aromatic carbocycles. The number of ether oxygens (including phenoxy) is 1. The lowest BCUT2D eigenvalue weighted by molar-refractivity contribution is -0.111. The monoisotopic (exact) mass is 351 g/mol. The van der Waals surface area contributed by atoms with Crippen LogP contribution in [0.2, 0.25) is 0 Å². The molecule has 1 aliphatic rings. The van der Waals surface area contributed by atoms with Gasteiger partial charge in [-0.05, 0) is 52.9 Å². The summed E-state index contributed by atoms with van der Waals surface area (Å²) in [5.41, 5.74) is -0.510. The Labute approximate surface area is 154 Å². The maximum absolute atomic E-state index is 12.5. The first kappa shape index (κ1) is 21.7. The normalized spacial score (nSPS) is 19.8. The van der Waals surface area contributed by atoms with Crippen molar-refractivity contribution in [3.63, 3.8) is 0 Å². The summed E-state index contributed by atoms with van der Waals surface area (Å²) in [6, 6.07) is -0.0718. The Hall–Kier alpha value is -1.32. The summed E-state index contributed by atoms with van der Waals surface area (Å²) < 4.78 is 5.53. The van der Waals surface area contributed by atoms with Crippen molar-refractivity contribution >= 4 is 12.4 Å². The van der Waals surface area contributed by atoms with E-state index in [0.29, 0.717) is 6.54 Å². The van der Waals surface area contributed by atoms with Crippen LogP contribution < -0.4 is 0 Å². The van der Waals surface area contributed by atoms with Gasteiger partial charge in [-0.3, -0.25) is 0 Å². The highest BCUT2D eigenvalue weighted by molar-refractivity contribution is 5.70. The Morgan fingerprint density at radius 1 is 1.20 bits per heavy atom. The number of aldehydes is 1. The van der Waals surface area contributed by atoms with E-state index in [1.807, 2.05) is 26.8 Å². The van der Waals surface area contributed by atoms with E-state index in [1.54, 1.807) is 4.90 Å². The van der Waals surface area contributed by atoms with Gasteiger partial charge >= 0.3 is 6.09 Å². The Bertz CT molecular complexity index is 425. The summed E-state index contributed by atoms with van der Waals surface area (Å²) in [6.45, 7) is 8.52. The minimum atomic E-state index is -0.510. The third-order valence-corrected chi connectivity index (χ3v) is 4.61. The number of allylic oxidation sites excluding steroid dienone is 1. The van der Waals surface area contributed by atoms with Crippen LogP contribution in [0.15, 0.2) is 12.2 Å². The average molecular weight is 352 g/mol. The third-order valence-electron chi connectivity index (χ3n) is 4.61. The van der Waals surface area contributed by atoms with Crippen LogP contribution in [0.3, 0.4) is 0 Å². The van der Waals surface area contributed by atoms with Gasteiger partial charge < -0.3 is 14.4 Å². The Morgan fingerprint density at radius 3 is 2.56 bits per heavy atom. The zero-order chi connectivity index (χ0) is 18.7. The quantitative estimate of drug-likeness (QED) is 0.313. The summed E-state index contributed by atoms with van der Waals surface area (Å²) >= 11 is 0. The predicted molar refractivity (Wildman–Crippen MR) is 103 cm³/mol. The molecule has 0 unspecified atom stereocenters. The number of likely N-dealkylation sites (tertiary alicyclic amines) is 1. The van der Waals surface area contributed by atoms with E-state index in [2.05, 4.69) is 13.0 Å². The number of nitrogens with zero attached hydrogens (tertiary/aromatic N) is 1. The number of rotatable bonds is 9. The Kier molecular flexibility index (Phi) is 9.84. The fourth-order valence-electron chi connectivity index (χ4n) is 3.29. The second-order valence-electron chi connectivity index (χ2n) is 8.08. The summed E-state index contributed by atoms with van der Waals surface area (Å²) in [7, 11) is 0. The van der Waals surface area contributed by atoms with E-state index in [4.69, 9.17) is 4.74 Å². The van der Waals surface area contributed by atoms with Gasteiger partial charge in [-0.25, -0.2) is 4.79 Å². The summed E-state index contributed by atoms with van der Waals surface area (Å²) in [5.74, 6) is -0.233. The maximum atomic E-state index is 12.5.